The molecule has 2 heterocycles. The highest BCUT2D eigenvalue weighted by Gasteiger charge is 2.16. The van der Waals surface area contributed by atoms with Gasteiger partial charge in [-0.05, 0) is 42.5 Å². The predicted octanol–water partition coefficient (Wildman–Crippen LogP) is 4.51. The van der Waals surface area contributed by atoms with Gasteiger partial charge in [-0.2, -0.15) is 5.10 Å². The summed E-state index contributed by atoms with van der Waals surface area (Å²) in [5.41, 5.74) is 0.395. The van der Waals surface area contributed by atoms with E-state index in [2.05, 4.69) is 15.4 Å². The Kier molecular flexibility index (Phi) is 6.12. The van der Waals surface area contributed by atoms with Gasteiger partial charge in [-0.3, -0.25) is 4.79 Å². The van der Waals surface area contributed by atoms with Crippen molar-refractivity contribution in [3.05, 3.63) is 89.6 Å². The van der Waals surface area contributed by atoms with Crippen molar-refractivity contribution in [1.82, 2.24) is 14.8 Å². The Hall–Kier alpha value is -3.76. The highest BCUT2D eigenvalue weighted by molar-refractivity contribution is 7.90. The minimum absolute atomic E-state index is 0.0198. The van der Waals surface area contributed by atoms with Gasteiger partial charge in [-0.15, -0.1) is 0 Å². The second kappa shape index (κ2) is 9.00. The summed E-state index contributed by atoms with van der Waals surface area (Å²) in [5, 5.41) is 6.93. The van der Waals surface area contributed by atoms with Crippen molar-refractivity contribution >= 4 is 33.0 Å². The lowest BCUT2D eigenvalue weighted by Crippen LogP contribution is -2.12. The fourth-order valence-corrected chi connectivity index (χ4v) is 3.88. The Bertz CT molecular complexity index is 1460. The van der Waals surface area contributed by atoms with Crippen LogP contribution in [0.2, 0.25) is 5.02 Å². The molecule has 0 saturated heterocycles. The van der Waals surface area contributed by atoms with E-state index in [1.54, 1.807) is 18.2 Å². The summed E-state index contributed by atoms with van der Waals surface area (Å²) in [4.78, 5) is 16.9. The largest absolute Gasteiger partial charge is 0.453 e. The number of pyridine rings is 1. The smallest absolute Gasteiger partial charge is 0.258 e. The Balaban J connectivity index is 1.58. The summed E-state index contributed by atoms with van der Waals surface area (Å²) in [5.74, 6) is -0.131. The molecule has 0 spiro atoms. The molecule has 0 saturated carbocycles. The Morgan fingerprint density at radius 3 is 2.73 bits per heavy atom. The maximum Gasteiger partial charge on any atom is 0.258 e. The molecule has 0 aliphatic heterocycles. The number of carbonyl (C=O) groups is 1. The molecule has 1 N–H and O–H groups in total. The van der Waals surface area contributed by atoms with Gasteiger partial charge in [0.05, 0.1) is 16.7 Å². The zero-order chi connectivity index (χ0) is 23.6. The van der Waals surface area contributed by atoms with Crippen LogP contribution < -0.4 is 10.1 Å². The maximum atomic E-state index is 13.5. The summed E-state index contributed by atoms with van der Waals surface area (Å²) in [6.45, 7) is 0. The van der Waals surface area contributed by atoms with E-state index in [0.29, 0.717) is 5.75 Å². The average molecular weight is 487 g/mol. The minimum atomic E-state index is -3.51. The Morgan fingerprint density at radius 2 is 1.97 bits per heavy atom. The molecule has 2 aromatic carbocycles. The minimum Gasteiger partial charge on any atom is -0.453 e. The Morgan fingerprint density at radius 1 is 1.15 bits per heavy atom. The number of hydrogen-bond donors (Lipinski definition) is 1. The standard InChI is InChI=1S/C22H16ClFN4O4S/c1-33(30,31)19-9-15(23)8-17(11-19)27-22(29)14-12-26-28(13-14)21-20(6-3-7-25-21)32-18-5-2-4-16(24)10-18/h2-13H,1H3,(H,27,29). The van der Waals surface area contributed by atoms with Gasteiger partial charge in [-0.1, -0.05) is 17.7 Å². The van der Waals surface area contributed by atoms with E-state index in [1.807, 2.05) is 0 Å². The molecule has 0 fully saturated rings. The molecule has 2 aromatic heterocycles. The molecule has 8 nitrogen and oxygen atoms in total. The molecular formula is C22H16ClFN4O4S. The lowest BCUT2D eigenvalue weighted by atomic mass is 10.3. The zero-order valence-electron chi connectivity index (χ0n) is 17.1. The molecule has 0 bridgehead atoms. The summed E-state index contributed by atoms with van der Waals surface area (Å²) in [6, 6.07) is 13.0. The van der Waals surface area contributed by atoms with Crippen LogP contribution in [0.4, 0.5) is 10.1 Å². The van der Waals surface area contributed by atoms with Crippen molar-refractivity contribution < 1.29 is 22.3 Å². The zero-order valence-corrected chi connectivity index (χ0v) is 18.6. The van der Waals surface area contributed by atoms with Crippen LogP contribution in [0.3, 0.4) is 0 Å². The highest BCUT2D eigenvalue weighted by atomic mass is 35.5. The number of carbonyl (C=O) groups excluding carboxylic acids is 1. The SMILES string of the molecule is CS(=O)(=O)c1cc(Cl)cc(NC(=O)c2cnn(-c3ncccc3Oc3cccc(F)c3)c2)c1. The van der Waals surface area contributed by atoms with E-state index in [1.165, 1.54) is 59.7 Å². The van der Waals surface area contributed by atoms with Gasteiger partial charge in [-0.25, -0.2) is 22.5 Å². The van der Waals surface area contributed by atoms with Crippen LogP contribution in [-0.4, -0.2) is 35.3 Å². The van der Waals surface area contributed by atoms with Crippen LogP contribution in [-0.2, 0) is 9.84 Å². The molecule has 4 aromatic rings. The van der Waals surface area contributed by atoms with E-state index in [9.17, 15) is 17.6 Å². The molecule has 4 rings (SSSR count). The molecule has 0 aliphatic rings. The number of anilines is 1. The molecule has 1 amide bonds. The molecule has 0 atom stereocenters. The van der Waals surface area contributed by atoms with Gasteiger partial charge in [0, 0.05) is 35.4 Å². The van der Waals surface area contributed by atoms with E-state index in [4.69, 9.17) is 16.3 Å². The average Bonchev–Trinajstić information content (AvgIpc) is 3.23. The normalized spacial score (nSPS) is 11.2. The van der Waals surface area contributed by atoms with Crippen LogP contribution in [0, 0.1) is 5.82 Å². The number of halogens is 2. The molecular weight excluding hydrogens is 471 g/mol. The van der Waals surface area contributed by atoms with E-state index in [0.717, 1.165) is 6.26 Å². The molecule has 0 unspecified atom stereocenters. The number of aromatic nitrogens is 3. The van der Waals surface area contributed by atoms with Gasteiger partial charge >= 0.3 is 0 Å². The highest BCUT2D eigenvalue weighted by Crippen LogP contribution is 2.27. The second-order valence-corrected chi connectivity index (χ2v) is 9.41. The number of rotatable bonds is 6. The fourth-order valence-electron chi connectivity index (χ4n) is 2.90. The van der Waals surface area contributed by atoms with Gasteiger partial charge in [0.2, 0.25) is 0 Å². The van der Waals surface area contributed by atoms with Gasteiger partial charge in [0.1, 0.15) is 11.6 Å². The second-order valence-electron chi connectivity index (χ2n) is 6.96. The first kappa shape index (κ1) is 22.4. The van der Waals surface area contributed by atoms with Crippen LogP contribution in [0.15, 0.2) is 78.1 Å². The van der Waals surface area contributed by atoms with Crippen molar-refractivity contribution in [3.8, 4) is 17.3 Å². The number of hydrogen-bond acceptors (Lipinski definition) is 6. The fraction of sp³-hybridized carbons (Fsp3) is 0.0455. The van der Waals surface area contributed by atoms with E-state index < -0.39 is 21.6 Å². The third kappa shape index (κ3) is 5.36. The summed E-state index contributed by atoms with van der Waals surface area (Å²) < 4.78 is 44.2. The van der Waals surface area contributed by atoms with Gasteiger partial charge < -0.3 is 10.1 Å². The number of nitrogens with zero attached hydrogens (tertiary/aromatic N) is 3. The van der Waals surface area contributed by atoms with E-state index in [-0.39, 0.29) is 32.7 Å². The first-order valence-corrected chi connectivity index (χ1v) is 11.7. The quantitative estimate of drug-likeness (QED) is 0.430. The summed E-state index contributed by atoms with van der Waals surface area (Å²) >= 11 is 5.99. The monoisotopic (exact) mass is 486 g/mol. The van der Waals surface area contributed by atoms with Crippen molar-refractivity contribution in [2.75, 3.05) is 11.6 Å². The van der Waals surface area contributed by atoms with Crippen LogP contribution in [0.5, 0.6) is 11.5 Å². The number of nitrogens with one attached hydrogen (secondary N) is 1. The summed E-state index contributed by atoms with van der Waals surface area (Å²) in [7, 11) is -3.51. The van der Waals surface area contributed by atoms with Gasteiger partial charge in [0.15, 0.2) is 21.4 Å². The number of benzene rings is 2. The topological polar surface area (TPSA) is 103 Å². The number of amides is 1. The Labute approximate surface area is 193 Å². The first-order valence-electron chi connectivity index (χ1n) is 9.44. The third-order valence-electron chi connectivity index (χ3n) is 4.39. The number of sulfone groups is 1. The van der Waals surface area contributed by atoms with Crippen LogP contribution in [0.25, 0.3) is 5.82 Å². The third-order valence-corrected chi connectivity index (χ3v) is 5.70. The van der Waals surface area contributed by atoms with E-state index >= 15 is 0 Å². The number of ether oxygens (including phenoxy) is 1. The van der Waals surface area contributed by atoms with Crippen LogP contribution in [0.1, 0.15) is 10.4 Å². The molecule has 0 radical (unpaired) electrons. The van der Waals surface area contributed by atoms with Gasteiger partial charge in [0.25, 0.3) is 5.91 Å². The first-order chi connectivity index (χ1) is 15.7. The molecule has 168 valence electrons. The lowest BCUT2D eigenvalue weighted by molar-refractivity contribution is 0.102. The van der Waals surface area contributed by atoms with Crippen molar-refractivity contribution in [3.63, 3.8) is 0 Å². The van der Waals surface area contributed by atoms with Crippen LogP contribution >= 0.6 is 11.6 Å². The summed E-state index contributed by atoms with van der Waals surface area (Å²) in [6.07, 6.45) is 5.31. The molecule has 33 heavy (non-hydrogen) atoms. The van der Waals surface area contributed by atoms with Crippen molar-refractivity contribution in [2.45, 2.75) is 4.90 Å². The maximum absolute atomic E-state index is 13.5. The lowest BCUT2D eigenvalue weighted by Gasteiger charge is -2.10. The predicted molar refractivity (Wildman–Crippen MR) is 120 cm³/mol. The van der Waals surface area contributed by atoms with Crippen molar-refractivity contribution in [2.24, 2.45) is 0 Å². The molecule has 0 aliphatic carbocycles. The molecule has 11 heteroatoms. The van der Waals surface area contributed by atoms with Crippen molar-refractivity contribution in [1.29, 1.82) is 0 Å².